The van der Waals surface area contributed by atoms with Crippen LogP contribution in [0.3, 0.4) is 0 Å². The molecule has 1 aliphatic heterocycles. The second-order valence-corrected chi connectivity index (χ2v) is 7.37. The van der Waals surface area contributed by atoms with Gasteiger partial charge in [0.05, 0.1) is 29.7 Å². The lowest BCUT2D eigenvalue weighted by Crippen LogP contribution is -2.24. The number of amides is 1. The second-order valence-electron chi connectivity index (χ2n) is 5.14. The second kappa shape index (κ2) is 6.29. The lowest BCUT2D eigenvalue weighted by Gasteiger charge is -2.12. The van der Waals surface area contributed by atoms with E-state index in [1.807, 2.05) is 25.1 Å². The molecule has 1 aromatic carbocycles. The fourth-order valence-electron chi connectivity index (χ4n) is 2.25. The molecule has 1 atom stereocenters. The molecule has 3 N–H and O–H groups in total. The molecule has 1 saturated heterocycles. The Balaban J connectivity index is 2.19. The lowest BCUT2D eigenvalue weighted by atomic mass is 10.1. The SMILES string of the molecule is Cc1ccc(C#CCN)c(NC(=O)C2CCS(=O)(=O)C2)c1. The monoisotopic (exact) mass is 306 g/mol. The number of rotatable bonds is 2. The Morgan fingerprint density at radius 1 is 1.48 bits per heavy atom. The number of sulfone groups is 1. The Morgan fingerprint density at radius 2 is 2.24 bits per heavy atom. The van der Waals surface area contributed by atoms with Crippen molar-refractivity contribution in [3.05, 3.63) is 29.3 Å². The summed E-state index contributed by atoms with van der Waals surface area (Å²) in [6.45, 7) is 2.15. The molecule has 0 aliphatic carbocycles. The van der Waals surface area contributed by atoms with E-state index < -0.39 is 15.8 Å². The maximum absolute atomic E-state index is 12.2. The standard InChI is InChI=1S/C15H18N2O3S/c1-11-4-5-12(3-2-7-16)14(9-11)17-15(18)13-6-8-21(19,20)10-13/h4-5,9,13H,6-8,10,16H2,1H3,(H,17,18). The topological polar surface area (TPSA) is 89.3 Å². The maximum atomic E-state index is 12.2. The minimum absolute atomic E-state index is 0.0749. The average molecular weight is 306 g/mol. The van der Waals surface area contributed by atoms with Crippen LogP contribution in [0.25, 0.3) is 0 Å². The zero-order valence-electron chi connectivity index (χ0n) is 11.8. The summed E-state index contributed by atoms with van der Waals surface area (Å²) in [5.74, 6) is 4.92. The molecule has 1 aliphatic rings. The highest BCUT2D eigenvalue weighted by molar-refractivity contribution is 7.91. The number of aryl methyl sites for hydroxylation is 1. The first kappa shape index (κ1) is 15.5. The van der Waals surface area contributed by atoms with Gasteiger partial charge in [-0.1, -0.05) is 17.9 Å². The van der Waals surface area contributed by atoms with Gasteiger partial charge in [0.25, 0.3) is 0 Å². The highest BCUT2D eigenvalue weighted by Crippen LogP contribution is 2.22. The zero-order valence-corrected chi connectivity index (χ0v) is 12.7. The minimum atomic E-state index is -3.07. The van der Waals surface area contributed by atoms with Gasteiger partial charge in [0.15, 0.2) is 9.84 Å². The van der Waals surface area contributed by atoms with Crippen LogP contribution in [-0.4, -0.2) is 32.4 Å². The molecule has 0 saturated carbocycles. The summed E-state index contributed by atoms with van der Waals surface area (Å²) in [5.41, 5.74) is 7.63. The molecule has 1 fully saturated rings. The normalized spacial score (nSPS) is 19.6. The first-order chi connectivity index (χ1) is 9.91. The summed E-state index contributed by atoms with van der Waals surface area (Å²) in [6, 6.07) is 5.54. The molecule has 112 valence electrons. The van der Waals surface area contributed by atoms with Crippen LogP contribution in [0.2, 0.25) is 0 Å². The Morgan fingerprint density at radius 3 is 2.86 bits per heavy atom. The number of carbonyl (C=O) groups is 1. The minimum Gasteiger partial charge on any atom is -0.325 e. The van der Waals surface area contributed by atoms with Crippen LogP contribution >= 0.6 is 0 Å². The molecule has 0 aromatic heterocycles. The van der Waals surface area contributed by atoms with Crippen molar-refractivity contribution in [2.45, 2.75) is 13.3 Å². The van der Waals surface area contributed by atoms with Gasteiger partial charge in [-0.15, -0.1) is 0 Å². The lowest BCUT2D eigenvalue weighted by molar-refractivity contribution is -0.119. The predicted octanol–water partition coefficient (Wildman–Crippen LogP) is 0.678. The fraction of sp³-hybridized carbons (Fsp3) is 0.400. The van der Waals surface area contributed by atoms with Gasteiger partial charge in [-0.3, -0.25) is 4.79 Å². The summed E-state index contributed by atoms with van der Waals surface area (Å²) >= 11 is 0. The van der Waals surface area contributed by atoms with Crippen LogP contribution in [0.4, 0.5) is 5.69 Å². The summed E-state index contributed by atoms with van der Waals surface area (Å²) in [4.78, 5) is 12.2. The van der Waals surface area contributed by atoms with E-state index in [2.05, 4.69) is 17.2 Å². The third kappa shape index (κ3) is 4.06. The molecular formula is C15H18N2O3S. The van der Waals surface area contributed by atoms with Crippen molar-refractivity contribution in [2.24, 2.45) is 11.7 Å². The smallest absolute Gasteiger partial charge is 0.228 e. The molecule has 0 bridgehead atoms. The van der Waals surface area contributed by atoms with Gasteiger partial charge < -0.3 is 11.1 Å². The number of benzene rings is 1. The number of nitrogens with one attached hydrogen (secondary N) is 1. The molecular weight excluding hydrogens is 288 g/mol. The molecule has 1 heterocycles. The van der Waals surface area contributed by atoms with E-state index in [1.165, 1.54) is 0 Å². The number of anilines is 1. The Bertz CT molecular complexity index is 714. The molecule has 5 nitrogen and oxygen atoms in total. The van der Waals surface area contributed by atoms with E-state index in [0.717, 1.165) is 5.56 Å². The summed E-state index contributed by atoms with van der Waals surface area (Å²) < 4.78 is 22.9. The van der Waals surface area contributed by atoms with Crippen molar-refractivity contribution < 1.29 is 13.2 Å². The van der Waals surface area contributed by atoms with Crippen molar-refractivity contribution in [1.29, 1.82) is 0 Å². The first-order valence-corrected chi connectivity index (χ1v) is 8.54. The molecule has 2 rings (SSSR count). The Labute approximate surface area is 124 Å². The van der Waals surface area contributed by atoms with Crippen molar-refractivity contribution in [3.8, 4) is 11.8 Å². The van der Waals surface area contributed by atoms with Gasteiger partial charge >= 0.3 is 0 Å². The van der Waals surface area contributed by atoms with Crippen molar-refractivity contribution in [3.63, 3.8) is 0 Å². The van der Waals surface area contributed by atoms with Gasteiger partial charge in [0, 0.05) is 5.56 Å². The maximum Gasteiger partial charge on any atom is 0.228 e. The van der Waals surface area contributed by atoms with Gasteiger partial charge in [-0.25, -0.2) is 8.42 Å². The van der Waals surface area contributed by atoms with Crippen LogP contribution < -0.4 is 11.1 Å². The highest BCUT2D eigenvalue weighted by Gasteiger charge is 2.33. The quantitative estimate of drug-likeness (QED) is 0.786. The third-order valence-electron chi connectivity index (χ3n) is 3.36. The first-order valence-electron chi connectivity index (χ1n) is 6.72. The largest absolute Gasteiger partial charge is 0.325 e. The summed E-state index contributed by atoms with van der Waals surface area (Å²) in [5, 5.41) is 2.79. The number of hydrogen-bond acceptors (Lipinski definition) is 4. The van der Waals surface area contributed by atoms with Gasteiger partial charge in [0.2, 0.25) is 5.91 Å². The fourth-order valence-corrected chi connectivity index (χ4v) is 3.99. The van der Waals surface area contributed by atoms with Crippen LogP contribution in [0.15, 0.2) is 18.2 Å². The van der Waals surface area contributed by atoms with E-state index in [-0.39, 0.29) is 24.0 Å². The van der Waals surface area contributed by atoms with Gasteiger partial charge in [0.1, 0.15) is 0 Å². The molecule has 1 unspecified atom stereocenters. The summed E-state index contributed by atoms with van der Waals surface area (Å²) in [7, 11) is -3.07. The van der Waals surface area contributed by atoms with E-state index in [0.29, 0.717) is 17.7 Å². The molecule has 1 aromatic rings. The molecule has 0 radical (unpaired) electrons. The number of hydrogen-bond donors (Lipinski definition) is 2. The highest BCUT2D eigenvalue weighted by atomic mass is 32.2. The third-order valence-corrected chi connectivity index (χ3v) is 5.13. The van der Waals surface area contributed by atoms with Crippen molar-refractivity contribution in [2.75, 3.05) is 23.4 Å². The van der Waals surface area contributed by atoms with Crippen LogP contribution in [0, 0.1) is 24.7 Å². The number of nitrogens with two attached hydrogens (primary N) is 1. The zero-order chi connectivity index (χ0) is 15.5. The average Bonchev–Trinajstić information content (AvgIpc) is 2.78. The molecule has 21 heavy (non-hydrogen) atoms. The van der Waals surface area contributed by atoms with Crippen molar-refractivity contribution >= 4 is 21.4 Å². The van der Waals surface area contributed by atoms with E-state index >= 15 is 0 Å². The van der Waals surface area contributed by atoms with Gasteiger partial charge in [-0.2, -0.15) is 0 Å². The molecule has 6 heteroatoms. The van der Waals surface area contributed by atoms with Gasteiger partial charge in [-0.05, 0) is 31.0 Å². The Hall–Kier alpha value is -1.84. The van der Waals surface area contributed by atoms with E-state index in [1.54, 1.807) is 0 Å². The molecule has 1 amide bonds. The van der Waals surface area contributed by atoms with E-state index in [9.17, 15) is 13.2 Å². The predicted molar refractivity (Wildman–Crippen MR) is 82.5 cm³/mol. The number of carbonyl (C=O) groups excluding carboxylic acids is 1. The Kier molecular flexibility index (Phi) is 4.66. The summed E-state index contributed by atoms with van der Waals surface area (Å²) in [6.07, 6.45) is 0.379. The van der Waals surface area contributed by atoms with E-state index in [4.69, 9.17) is 5.73 Å². The van der Waals surface area contributed by atoms with Crippen LogP contribution in [0.1, 0.15) is 17.5 Å². The van der Waals surface area contributed by atoms with Crippen LogP contribution in [0.5, 0.6) is 0 Å². The molecule has 0 spiro atoms. The van der Waals surface area contributed by atoms with Crippen LogP contribution in [-0.2, 0) is 14.6 Å². The van der Waals surface area contributed by atoms with Crippen molar-refractivity contribution in [1.82, 2.24) is 0 Å².